The first kappa shape index (κ1) is 42.9. The first-order chi connectivity index (χ1) is 32.1. The van der Waals surface area contributed by atoms with Crippen molar-refractivity contribution in [1.82, 2.24) is 0 Å². The Morgan fingerprint density at radius 1 is 0.446 bits per heavy atom. The summed E-state index contributed by atoms with van der Waals surface area (Å²) in [5.41, 5.74) is 5.62. The third kappa shape index (κ3) is 11.6. The summed E-state index contributed by atoms with van der Waals surface area (Å²) in [6.45, 7) is 1.80. The third-order valence-electron chi connectivity index (χ3n) is 10.6. The van der Waals surface area contributed by atoms with E-state index in [2.05, 4.69) is 0 Å². The van der Waals surface area contributed by atoms with E-state index in [4.69, 9.17) is 33.2 Å². The van der Waals surface area contributed by atoms with Gasteiger partial charge in [0, 0.05) is 22.6 Å². The van der Waals surface area contributed by atoms with Crippen LogP contribution in [0.1, 0.15) is 39.5 Å². The minimum atomic E-state index is -1.74. The van der Waals surface area contributed by atoms with Gasteiger partial charge in [-0.3, -0.25) is 0 Å². The average molecular weight is 881 g/mol. The van der Waals surface area contributed by atoms with E-state index in [9.17, 15) is 4.21 Å². The Bertz CT molecular complexity index is 2690. The minimum absolute atomic E-state index is 0.227. The topological polar surface area (TPSA) is 85.0 Å². The van der Waals surface area contributed by atoms with Crippen molar-refractivity contribution in [3.05, 3.63) is 240 Å². The van der Waals surface area contributed by atoms with Crippen LogP contribution in [0.3, 0.4) is 0 Å². The number of rotatable bonds is 21. The molecular formula is C56H48O8S. The van der Waals surface area contributed by atoms with Gasteiger partial charge in [-0.2, -0.15) is 0 Å². The van der Waals surface area contributed by atoms with E-state index in [-0.39, 0.29) is 32.5 Å². The molecule has 8 aromatic carbocycles. The lowest BCUT2D eigenvalue weighted by Crippen LogP contribution is -2.17. The lowest BCUT2D eigenvalue weighted by atomic mass is 10.0. The van der Waals surface area contributed by atoms with Gasteiger partial charge in [0.05, 0.1) is 17.4 Å². The summed E-state index contributed by atoms with van der Waals surface area (Å²) in [4.78, 5) is 0.959. The van der Waals surface area contributed by atoms with E-state index in [0.29, 0.717) is 63.1 Å². The smallest absolute Gasteiger partial charge is 0.203 e. The number of epoxide rings is 1. The Morgan fingerprint density at radius 2 is 0.815 bits per heavy atom. The van der Waals surface area contributed by atoms with Gasteiger partial charge in [0.15, 0.2) is 17.6 Å². The van der Waals surface area contributed by atoms with Crippen molar-refractivity contribution in [3.63, 3.8) is 0 Å². The second-order valence-corrected chi connectivity index (χ2v) is 16.9. The van der Waals surface area contributed by atoms with Crippen LogP contribution in [0.2, 0.25) is 0 Å². The standard InChI is InChI=1S/C56H48O8S/c57-65(48-29-17-6-18-30-48)56-51(61-38-44-25-13-4-14-26-44)33-47(58-35-41-19-7-1-8-20-41)34-52(56)64-54(53-40-62-53)46-31-49(59-36-42-21-9-2-10-22-42)55(63-39-45-27-15-5-16-28-45)50(32-46)60-37-43-23-11-3-12-24-43/h1-34,53-54H,35-40H2/t53-,54-,65?/m1/s1. The molecule has 3 atom stereocenters. The first-order valence-corrected chi connectivity index (χ1v) is 22.7. The fourth-order valence-corrected chi connectivity index (χ4v) is 8.43. The molecule has 9 rings (SSSR count). The summed E-state index contributed by atoms with van der Waals surface area (Å²) < 4.78 is 61.1. The highest BCUT2D eigenvalue weighted by molar-refractivity contribution is 7.85. The van der Waals surface area contributed by atoms with Crippen LogP contribution in [0, 0.1) is 0 Å². The number of ether oxygens (including phenoxy) is 7. The van der Waals surface area contributed by atoms with Gasteiger partial charge in [0.2, 0.25) is 5.75 Å². The molecule has 0 bridgehead atoms. The van der Waals surface area contributed by atoms with Crippen molar-refractivity contribution in [3.8, 4) is 34.5 Å². The van der Waals surface area contributed by atoms with Crippen LogP contribution in [0.4, 0.5) is 0 Å². The lowest BCUT2D eigenvalue weighted by molar-refractivity contribution is 0.153. The van der Waals surface area contributed by atoms with E-state index in [0.717, 1.165) is 27.8 Å². The van der Waals surface area contributed by atoms with Crippen molar-refractivity contribution in [1.29, 1.82) is 0 Å². The van der Waals surface area contributed by atoms with Gasteiger partial charge < -0.3 is 33.2 Å². The molecule has 0 radical (unpaired) electrons. The Labute approximate surface area is 382 Å². The molecule has 0 aromatic heterocycles. The average Bonchev–Trinajstić information content (AvgIpc) is 4.22. The zero-order chi connectivity index (χ0) is 44.0. The molecule has 326 valence electrons. The van der Waals surface area contributed by atoms with Crippen LogP contribution < -0.4 is 28.4 Å². The molecule has 0 saturated carbocycles. The van der Waals surface area contributed by atoms with Crippen LogP contribution in [0.15, 0.2) is 216 Å². The zero-order valence-corrected chi connectivity index (χ0v) is 36.5. The predicted octanol–water partition coefficient (Wildman–Crippen LogP) is 12.3. The minimum Gasteiger partial charge on any atom is -0.489 e. The number of hydrogen-bond acceptors (Lipinski definition) is 8. The second kappa shape index (κ2) is 21.4. The normalized spacial score (nSPS) is 13.8. The van der Waals surface area contributed by atoms with Crippen molar-refractivity contribution >= 4 is 10.8 Å². The molecule has 8 aromatic rings. The predicted molar refractivity (Wildman–Crippen MR) is 251 cm³/mol. The highest BCUT2D eigenvalue weighted by Gasteiger charge is 2.39. The maximum absolute atomic E-state index is 14.9. The van der Waals surface area contributed by atoms with Crippen molar-refractivity contribution in [2.75, 3.05) is 6.61 Å². The van der Waals surface area contributed by atoms with Crippen LogP contribution in [-0.2, 0) is 48.6 Å². The quantitative estimate of drug-likeness (QED) is 0.0660. The summed E-state index contributed by atoms with van der Waals surface area (Å²) in [5.74, 6) is 2.58. The summed E-state index contributed by atoms with van der Waals surface area (Å²) in [6.07, 6.45) is -1.06. The van der Waals surface area contributed by atoms with Gasteiger partial charge in [-0.1, -0.05) is 170 Å². The summed E-state index contributed by atoms with van der Waals surface area (Å²) in [7, 11) is -1.74. The van der Waals surface area contributed by atoms with E-state index in [1.54, 1.807) is 12.1 Å². The highest BCUT2D eigenvalue weighted by Crippen LogP contribution is 2.47. The van der Waals surface area contributed by atoms with Gasteiger partial charge in [-0.25, -0.2) is 4.21 Å². The maximum atomic E-state index is 14.9. The number of hydrogen-bond donors (Lipinski definition) is 0. The van der Waals surface area contributed by atoms with Crippen LogP contribution in [-0.4, -0.2) is 16.9 Å². The molecule has 0 spiro atoms. The molecule has 1 aliphatic heterocycles. The molecule has 1 fully saturated rings. The summed E-state index contributed by atoms with van der Waals surface area (Å²) in [5, 5.41) is 0. The fraction of sp³-hybridized carbons (Fsp3) is 0.143. The largest absolute Gasteiger partial charge is 0.489 e. The van der Waals surface area contributed by atoms with Gasteiger partial charge in [0.25, 0.3) is 0 Å². The Morgan fingerprint density at radius 3 is 1.25 bits per heavy atom. The van der Waals surface area contributed by atoms with Crippen LogP contribution in [0.25, 0.3) is 0 Å². The van der Waals surface area contributed by atoms with E-state index in [1.807, 2.05) is 194 Å². The van der Waals surface area contributed by atoms with Crippen LogP contribution in [0.5, 0.6) is 34.5 Å². The Hall–Kier alpha value is -7.33. The molecule has 0 amide bonds. The SMILES string of the molecule is O=S(c1ccccc1)c1c(OCc2ccccc2)cc(OCc2ccccc2)cc1O[C@H](c1cc(OCc2ccccc2)c(OCc2ccccc2)c(OCc2ccccc2)c1)[C@H]1CO1. The van der Waals surface area contributed by atoms with Crippen molar-refractivity contribution in [2.24, 2.45) is 0 Å². The van der Waals surface area contributed by atoms with Gasteiger partial charge in [-0.15, -0.1) is 0 Å². The molecule has 65 heavy (non-hydrogen) atoms. The first-order valence-electron chi connectivity index (χ1n) is 21.6. The van der Waals surface area contributed by atoms with E-state index >= 15 is 0 Å². The molecule has 9 heteroatoms. The molecular weight excluding hydrogens is 833 g/mol. The molecule has 8 nitrogen and oxygen atoms in total. The molecule has 1 aliphatic rings. The van der Waals surface area contributed by atoms with Gasteiger partial charge >= 0.3 is 0 Å². The molecule has 0 aliphatic carbocycles. The second-order valence-electron chi connectivity index (χ2n) is 15.5. The summed E-state index contributed by atoms with van der Waals surface area (Å²) >= 11 is 0. The Balaban J connectivity index is 1.15. The molecule has 0 N–H and O–H groups in total. The number of benzene rings is 8. The van der Waals surface area contributed by atoms with Crippen molar-refractivity contribution in [2.45, 2.75) is 55.0 Å². The molecule has 1 unspecified atom stereocenters. The molecule has 1 saturated heterocycles. The van der Waals surface area contributed by atoms with Gasteiger partial charge in [-0.05, 0) is 52.1 Å². The van der Waals surface area contributed by atoms with E-state index < -0.39 is 16.9 Å². The molecule has 1 heterocycles. The lowest BCUT2D eigenvalue weighted by Gasteiger charge is -2.25. The maximum Gasteiger partial charge on any atom is 0.203 e. The monoisotopic (exact) mass is 880 g/mol. The van der Waals surface area contributed by atoms with E-state index in [1.165, 1.54) is 0 Å². The third-order valence-corrected chi connectivity index (χ3v) is 12.1. The fourth-order valence-electron chi connectivity index (χ4n) is 7.20. The highest BCUT2D eigenvalue weighted by atomic mass is 32.2. The van der Waals surface area contributed by atoms with Crippen molar-refractivity contribution < 1.29 is 37.4 Å². The van der Waals surface area contributed by atoms with Gasteiger partial charge in [0.1, 0.15) is 61.3 Å². The summed E-state index contributed by atoms with van der Waals surface area (Å²) in [6, 6.07) is 66.5. The van der Waals surface area contributed by atoms with Crippen LogP contribution >= 0.6 is 0 Å². The Kier molecular flexibility index (Phi) is 14.1. The zero-order valence-electron chi connectivity index (χ0n) is 35.7.